The number of carboxylic acids is 1. The molecule has 0 bridgehead atoms. The predicted molar refractivity (Wildman–Crippen MR) is 81.1 cm³/mol. The SMILES string of the molecule is CC(C)N1CCN(c2nc3ccccn3c2C(=O)O)CC1. The molecule has 2 aromatic rings. The maximum absolute atomic E-state index is 11.6. The quantitative estimate of drug-likeness (QED) is 0.929. The fourth-order valence-corrected chi connectivity index (χ4v) is 2.85. The minimum absolute atomic E-state index is 0.253. The van der Waals surface area contributed by atoms with Crippen molar-refractivity contribution in [3.8, 4) is 0 Å². The second kappa shape index (κ2) is 5.37. The molecule has 0 spiro atoms. The molecule has 0 aromatic carbocycles. The van der Waals surface area contributed by atoms with Crippen LogP contribution in [-0.4, -0.2) is 57.6 Å². The van der Waals surface area contributed by atoms with Crippen molar-refractivity contribution in [1.82, 2.24) is 14.3 Å². The number of rotatable bonds is 3. The summed E-state index contributed by atoms with van der Waals surface area (Å²) < 4.78 is 1.65. The van der Waals surface area contributed by atoms with Crippen molar-refractivity contribution in [2.45, 2.75) is 19.9 Å². The van der Waals surface area contributed by atoms with Crippen LogP contribution in [-0.2, 0) is 0 Å². The molecule has 3 rings (SSSR count). The van der Waals surface area contributed by atoms with Crippen molar-refractivity contribution in [2.75, 3.05) is 31.1 Å². The summed E-state index contributed by atoms with van der Waals surface area (Å²) in [5, 5.41) is 9.53. The van der Waals surface area contributed by atoms with E-state index in [2.05, 4.69) is 28.6 Å². The summed E-state index contributed by atoms with van der Waals surface area (Å²) in [5.74, 6) is -0.355. The minimum Gasteiger partial charge on any atom is -0.476 e. The average molecular weight is 288 g/mol. The van der Waals surface area contributed by atoms with E-state index >= 15 is 0 Å². The summed E-state index contributed by atoms with van der Waals surface area (Å²) >= 11 is 0. The van der Waals surface area contributed by atoms with E-state index in [1.165, 1.54) is 0 Å². The number of nitrogens with zero attached hydrogens (tertiary/aromatic N) is 4. The number of anilines is 1. The molecule has 3 heterocycles. The van der Waals surface area contributed by atoms with E-state index in [1.54, 1.807) is 10.6 Å². The highest BCUT2D eigenvalue weighted by molar-refractivity contribution is 5.93. The Balaban J connectivity index is 1.94. The van der Waals surface area contributed by atoms with Crippen molar-refractivity contribution in [1.29, 1.82) is 0 Å². The molecule has 0 aliphatic carbocycles. The molecule has 0 unspecified atom stereocenters. The Kier molecular flexibility index (Phi) is 3.55. The number of carboxylic acid groups (broad SMARTS) is 1. The average Bonchev–Trinajstić information content (AvgIpc) is 2.86. The molecule has 1 aliphatic rings. The smallest absolute Gasteiger partial charge is 0.356 e. The molecule has 0 radical (unpaired) electrons. The fraction of sp³-hybridized carbons (Fsp3) is 0.467. The highest BCUT2D eigenvalue weighted by Crippen LogP contribution is 2.23. The zero-order valence-electron chi connectivity index (χ0n) is 12.4. The first kappa shape index (κ1) is 13.9. The molecular weight excluding hydrogens is 268 g/mol. The lowest BCUT2D eigenvalue weighted by Gasteiger charge is -2.37. The standard InChI is InChI=1S/C15H20N4O2/c1-11(2)17-7-9-18(10-8-17)14-13(15(20)21)19-6-4-3-5-12(19)16-14/h3-6,11H,7-10H2,1-2H3,(H,20,21). The van der Waals surface area contributed by atoms with Gasteiger partial charge in [-0.15, -0.1) is 0 Å². The third kappa shape index (κ3) is 2.47. The van der Waals surface area contributed by atoms with Crippen LogP contribution in [0.1, 0.15) is 24.3 Å². The van der Waals surface area contributed by atoms with Crippen LogP contribution < -0.4 is 4.90 Å². The van der Waals surface area contributed by atoms with Gasteiger partial charge >= 0.3 is 5.97 Å². The van der Waals surface area contributed by atoms with Crippen molar-refractivity contribution in [3.05, 3.63) is 30.1 Å². The lowest BCUT2D eigenvalue weighted by molar-refractivity contribution is 0.0689. The molecule has 1 fully saturated rings. The molecule has 6 nitrogen and oxygen atoms in total. The Morgan fingerprint density at radius 3 is 2.57 bits per heavy atom. The molecule has 0 saturated carbocycles. The predicted octanol–water partition coefficient (Wildman–Crippen LogP) is 1.56. The van der Waals surface area contributed by atoms with E-state index in [4.69, 9.17) is 0 Å². The summed E-state index contributed by atoms with van der Waals surface area (Å²) in [7, 11) is 0. The summed E-state index contributed by atoms with van der Waals surface area (Å²) in [4.78, 5) is 20.6. The Morgan fingerprint density at radius 1 is 1.24 bits per heavy atom. The third-order valence-electron chi connectivity index (χ3n) is 4.06. The zero-order valence-corrected chi connectivity index (χ0v) is 12.4. The zero-order chi connectivity index (χ0) is 15.0. The van der Waals surface area contributed by atoms with E-state index in [1.807, 2.05) is 18.2 Å². The summed E-state index contributed by atoms with van der Waals surface area (Å²) in [6, 6.07) is 6.04. The van der Waals surface area contributed by atoms with Crippen LogP contribution in [0.15, 0.2) is 24.4 Å². The Bertz CT molecular complexity index is 657. The first-order chi connectivity index (χ1) is 10.1. The van der Waals surface area contributed by atoms with Crippen molar-refractivity contribution >= 4 is 17.4 Å². The number of hydrogen-bond donors (Lipinski definition) is 1. The molecule has 1 saturated heterocycles. The fourth-order valence-electron chi connectivity index (χ4n) is 2.85. The number of aromatic carboxylic acids is 1. The van der Waals surface area contributed by atoms with Gasteiger partial charge in [-0.1, -0.05) is 6.07 Å². The number of piperazine rings is 1. The van der Waals surface area contributed by atoms with Crippen LogP contribution in [0.2, 0.25) is 0 Å². The van der Waals surface area contributed by atoms with E-state index in [9.17, 15) is 9.90 Å². The van der Waals surface area contributed by atoms with Gasteiger partial charge in [0, 0.05) is 38.4 Å². The van der Waals surface area contributed by atoms with Crippen LogP contribution in [0.4, 0.5) is 5.82 Å². The number of fused-ring (bicyclic) bond motifs is 1. The molecule has 21 heavy (non-hydrogen) atoms. The molecule has 0 atom stereocenters. The Morgan fingerprint density at radius 2 is 1.95 bits per heavy atom. The van der Waals surface area contributed by atoms with Crippen LogP contribution >= 0.6 is 0 Å². The highest BCUT2D eigenvalue weighted by Gasteiger charge is 2.26. The molecular formula is C15H20N4O2. The first-order valence-electron chi connectivity index (χ1n) is 7.27. The molecule has 1 N–H and O–H groups in total. The number of carbonyl (C=O) groups is 1. The van der Waals surface area contributed by atoms with Gasteiger partial charge in [0.25, 0.3) is 0 Å². The van der Waals surface area contributed by atoms with Gasteiger partial charge in [0.1, 0.15) is 5.65 Å². The normalized spacial score (nSPS) is 16.8. The van der Waals surface area contributed by atoms with Gasteiger partial charge in [-0.05, 0) is 26.0 Å². The highest BCUT2D eigenvalue weighted by atomic mass is 16.4. The van der Waals surface area contributed by atoms with E-state index in [-0.39, 0.29) is 5.69 Å². The summed E-state index contributed by atoms with van der Waals surface area (Å²) in [6.07, 6.45) is 1.75. The monoisotopic (exact) mass is 288 g/mol. The molecule has 1 aliphatic heterocycles. The van der Waals surface area contributed by atoms with Crippen LogP contribution in [0.25, 0.3) is 5.65 Å². The number of pyridine rings is 1. The molecule has 6 heteroatoms. The van der Waals surface area contributed by atoms with Gasteiger partial charge in [0.2, 0.25) is 0 Å². The summed E-state index contributed by atoms with van der Waals surface area (Å²) in [6.45, 7) is 7.85. The van der Waals surface area contributed by atoms with Gasteiger partial charge in [-0.2, -0.15) is 0 Å². The minimum atomic E-state index is -0.935. The van der Waals surface area contributed by atoms with Gasteiger partial charge in [-0.25, -0.2) is 9.78 Å². The summed E-state index contributed by atoms with van der Waals surface area (Å²) in [5.41, 5.74) is 0.930. The van der Waals surface area contributed by atoms with Crippen LogP contribution in [0, 0.1) is 0 Å². The Hall–Kier alpha value is -2.08. The van der Waals surface area contributed by atoms with Crippen molar-refractivity contribution in [3.63, 3.8) is 0 Å². The van der Waals surface area contributed by atoms with E-state index in [0.29, 0.717) is 17.5 Å². The van der Waals surface area contributed by atoms with Gasteiger partial charge in [0.05, 0.1) is 0 Å². The number of imidazole rings is 1. The topological polar surface area (TPSA) is 61.1 Å². The van der Waals surface area contributed by atoms with Crippen molar-refractivity contribution < 1.29 is 9.90 Å². The maximum atomic E-state index is 11.6. The number of aromatic nitrogens is 2. The second-order valence-corrected chi connectivity index (χ2v) is 5.63. The maximum Gasteiger partial charge on any atom is 0.356 e. The molecule has 2 aromatic heterocycles. The van der Waals surface area contributed by atoms with E-state index in [0.717, 1.165) is 26.2 Å². The van der Waals surface area contributed by atoms with E-state index < -0.39 is 5.97 Å². The largest absolute Gasteiger partial charge is 0.476 e. The lowest BCUT2D eigenvalue weighted by atomic mass is 10.2. The van der Waals surface area contributed by atoms with Crippen LogP contribution in [0.5, 0.6) is 0 Å². The first-order valence-corrected chi connectivity index (χ1v) is 7.27. The van der Waals surface area contributed by atoms with Gasteiger partial charge in [0.15, 0.2) is 11.5 Å². The number of hydrogen-bond acceptors (Lipinski definition) is 4. The molecule has 0 amide bonds. The van der Waals surface area contributed by atoms with Gasteiger partial charge < -0.3 is 10.0 Å². The van der Waals surface area contributed by atoms with Crippen molar-refractivity contribution in [2.24, 2.45) is 0 Å². The second-order valence-electron chi connectivity index (χ2n) is 5.63. The third-order valence-corrected chi connectivity index (χ3v) is 4.06. The Labute approximate surface area is 123 Å². The van der Waals surface area contributed by atoms with Crippen LogP contribution in [0.3, 0.4) is 0 Å². The molecule has 112 valence electrons. The lowest BCUT2D eigenvalue weighted by Crippen LogP contribution is -2.49. The van der Waals surface area contributed by atoms with Gasteiger partial charge in [-0.3, -0.25) is 9.30 Å².